The van der Waals surface area contributed by atoms with Crippen LogP contribution in [0, 0.1) is 0 Å². The van der Waals surface area contributed by atoms with Gasteiger partial charge < -0.3 is 14.6 Å². The standard InChI is InChI=1S/C23H22BrClN4O3/c1-32-12-9-18-20-21(28-27-18)17-13-15(24)5-8-19(17)29(23(20)31)11-2-10-26-22(30)14-3-6-16(25)7-4-14/h3-8,13H,2,9-12H2,1H3,(H,26,30)(H,27,28). The molecule has 2 aromatic carbocycles. The Balaban J connectivity index is 1.59. The first-order chi connectivity index (χ1) is 15.5. The highest BCUT2D eigenvalue weighted by atomic mass is 79.9. The Morgan fingerprint density at radius 2 is 2.03 bits per heavy atom. The van der Waals surface area contributed by atoms with Gasteiger partial charge in [0.25, 0.3) is 11.5 Å². The lowest BCUT2D eigenvalue weighted by Crippen LogP contribution is -2.27. The lowest BCUT2D eigenvalue weighted by atomic mass is 10.1. The van der Waals surface area contributed by atoms with E-state index in [1.807, 2.05) is 18.2 Å². The van der Waals surface area contributed by atoms with Crippen LogP contribution in [0.2, 0.25) is 5.02 Å². The monoisotopic (exact) mass is 516 g/mol. The number of aromatic amines is 1. The largest absolute Gasteiger partial charge is 0.384 e. The van der Waals surface area contributed by atoms with Gasteiger partial charge in [-0.25, -0.2) is 0 Å². The number of H-pyrrole nitrogens is 1. The van der Waals surface area contributed by atoms with Crippen molar-refractivity contribution in [1.29, 1.82) is 0 Å². The van der Waals surface area contributed by atoms with E-state index in [4.69, 9.17) is 16.3 Å². The molecule has 0 saturated heterocycles. The van der Waals surface area contributed by atoms with Gasteiger partial charge in [0.15, 0.2) is 0 Å². The van der Waals surface area contributed by atoms with Gasteiger partial charge >= 0.3 is 0 Å². The van der Waals surface area contributed by atoms with Gasteiger partial charge in [-0.05, 0) is 48.9 Å². The number of pyridine rings is 1. The van der Waals surface area contributed by atoms with Crippen LogP contribution in [-0.4, -0.2) is 40.9 Å². The molecule has 32 heavy (non-hydrogen) atoms. The fourth-order valence-electron chi connectivity index (χ4n) is 3.73. The van der Waals surface area contributed by atoms with Gasteiger partial charge in [0.1, 0.15) is 5.52 Å². The van der Waals surface area contributed by atoms with Crippen LogP contribution in [0.1, 0.15) is 22.5 Å². The molecule has 2 heterocycles. The minimum Gasteiger partial charge on any atom is -0.384 e. The molecule has 0 unspecified atom stereocenters. The molecule has 0 bridgehead atoms. The fourth-order valence-corrected chi connectivity index (χ4v) is 4.22. The van der Waals surface area contributed by atoms with Crippen molar-refractivity contribution in [2.75, 3.05) is 20.3 Å². The summed E-state index contributed by atoms with van der Waals surface area (Å²) in [6.45, 7) is 1.39. The number of hydrogen-bond acceptors (Lipinski definition) is 4. The van der Waals surface area contributed by atoms with Crippen molar-refractivity contribution in [1.82, 2.24) is 20.1 Å². The van der Waals surface area contributed by atoms with E-state index in [0.29, 0.717) is 54.0 Å². The molecule has 0 spiro atoms. The first kappa shape index (κ1) is 22.5. The maximum atomic E-state index is 13.4. The summed E-state index contributed by atoms with van der Waals surface area (Å²) < 4.78 is 7.84. The van der Waals surface area contributed by atoms with Crippen molar-refractivity contribution in [3.63, 3.8) is 0 Å². The number of aromatic nitrogens is 3. The van der Waals surface area contributed by atoms with Crippen LogP contribution in [0.3, 0.4) is 0 Å². The molecule has 2 N–H and O–H groups in total. The summed E-state index contributed by atoms with van der Waals surface area (Å²) in [5.74, 6) is -0.171. The molecule has 9 heteroatoms. The lowest BCUT2D eigenvalue weighted by Gasteiger charge is -2.12. The first-order valence-corrected chi connectivity index (χ1v) is 11.4. The van der Waals surface area contributed by atoms with Crippen LogP contribution < -0.4 is 10.9 Å². The third-order valence-corrected chi connectivity index (χ3v) is 6.06. The second kappa shape index (κ2) is 9.85. The summed E-state index contributed by atoms with van der Waals surface area (Å²) in [6, 6.07) is 12.5. The number of hydrogen-bond donors (Lipinski definition) is 2. The number of amides is 1. The highest BCUT2D eigenvalue weighted by Crippen LogP contribution is 2.26. The molecular formula is C23H22BrClN4O3. The summed E-state index contributed by atoms with van der Waals surface area (Å²) in [6.07, 6.45) is 1.17. The molecule has 0 fully saturated rings. The average molecular weight is 518 g/mol. The van der Waals surface area contributed by atoms with Crippen LogP contribution in [0.5, 0.6) is 0 Å². The topological polar surface area (TPSA) is 89.0 Å². The summed E-state index contributed by atoms with van der Waals surface area (Å²) >= 11 is 9.39. The van der Waals surface area contributed by atoms with Crippen molar-refractivity contribution < 1.29 is 9.53 Å². The number of carbonyl (C=O) groups is 1. The van der Waals surface area contributed by atoms with Crippen molar-refractivity contribution in [2.24, 2.45) is 0 Å². The predicted molar refractivity (Wildman–Crippen MR) is 130 cm³/mol. The Morgan fingerprint density at radius 3 is 2.78 bits per heavy atom. The number of ether oxygens (including phenoxy) is 1. The Kier molecular flexibility index (Phi) is 6.93. The Labute approximate surface area is 197 Å². The van der Waals surface area contributed by atoms with Gasteiger partial charge in [-0.3, -0.25) is 14.7 Å². The molecule has 7 nitrogen and oxygen atoms in total. The summed E-state index contributed by atoms with van der Waals surface area (Å²) in [5, 5.41) is 12.4. The van der Waals surface area contributed by atoms with E-state index >= 15 is 0 Å². The Bertz CT molecular complexity index is 1330. The second-order valence-electron chi connectivity index (χ2n) is 7.40. The van der Waals surface area contributed by atoms with Crippen LogP contribution in [0.15, 0.2) is 51.7 Å². The number of benzene rings is 2. The molecule has 0 aliphatic rings. The van der Waals surface area contributed by atoms with Crippen LogP contribution in [0.25, 0.3) is 21.8 Å². The van der Waals surface area contributed by atoms with Crippen LogP contribution in [0.4, 0.5) is 0 Å². The highest BCUT2D eigenvalue weighted by Gasteiger charge is 2.17. The molecule has 0 atom stereocenters. The van der Waals surface area contributed by atoms with E-state index in [0.717, 1.165) is 21.1 Å². The van der Waals surface area contributed by atoms with Crippen LogP contribution in [-0.2, 0) is 17.7 Å². The molecule has 0 aliphatic carbocycles. The third kappa shape index (κ3) is 4.57. The molecule has 4 rings (SSSR count). The number of nitrogens with zero attached hydrogens (tertiary/aromatic N) is 2. The van der Waals surface area contributed by atoms with E-state index in [1.165, 1.54) is 0 Å². The zero-order chi connectivity index (χ0) is 22.7. The van der Waals surface area contributed by atoms with Crippen molar-refractivity contribution in [3.8, 4) is 0 Å². The van der Waals surface area contributed by atoms with Gasteiger partial charge in [-0.15, -0.1) is 0 Å². The number of rotatable bonds is 8. The van der Waals surface area contributed by atoms with E-state index in [1.54, 1.807) is 35.9 Å². The van der Waals surface area contributed by atoms with E-state index < -0.39 is 0 Å². The number of fused-ring (bicyclic) bond motifs is 3. The minimum atomic E-state index is -0.171. The van der Waals surface area contributed by atoms with Gasteiger partial charge in [-0.1, -0.05) is 27.5 Å². The normalized spacial score (nSPS) is 11.3. The third-order valence-electron chi connectivity index (χ3n) is 5.31. The minimum absolute atomic E-state index is 0.0984. The molecule has 0 radical (unpaired) electrons. The SMILES string of the molecule is COCCc1[nH]nc2c1c(=O)n(CCCNC(=O)c1ccc(Cl)cc1)c1ccc(Br)cc21. The summed E-state index contributed by atoms with van der Waals surface area (Å²) in [4.78, 5) is 25.7. The number of halogens is 2. The highest BCUT2D eigenvalue weighted by molar-refractivity contribution is 9.10. The molecule has 0 aliphatic heterocycles. The lowest BCUT2D eigenvalue weighted by molar-refractivity contribution is 0.0953. The molecular weight excluding hydrogens is 496 g/mol. The van der Waals surface area contributed by atoms with Crippen molar-refractivity contribution in [2.45, 2.75) is 19.4 Å². The zero-order valence-electron chi connectivity index (χ0n) is 17.5. The maximum Gasteiger partial charge on any atom is 0.262 e. The number of nitrogens with one attached hydrogen (secondary N) is 2. The maximum absolute atomic E-state index is 13.4. The predicted octanol–water partition coefficient (Wildman–Crippen LogP) is 4.30. The number of carbonyl (C=O) groups excluding carboxylic acids is 1. The van der Waals surface area contributed by atoms with E-state index in [9.17, 15) is 9.59 Å². The van der Waals surface area contributed by atoms with Gasteiger partial charge in [-0.2, -0.15) is 5.10 Å². The zero-order valence-corrected chi connectivity index (χ0v) is 19.8. The quantitative estimate of drug-likeness (QED) is 0.341. The van der Waals surface area contributed by atoms with Crippen molar-refractivity contribution >= 4 is 55.2 Å². The Hall–Kier alpha value is -2.68. The first-order valence-electron chi connectivity index (χ1n) is 10.2. The summed E-state index contributed by atoms with van der Waals surface area (Å²) in [5.41, 5.74) is 2.67. The average Bonchev–Trinajstić information content (AvgIpc) is 3.22. The van der Waals surface area contributed by atoms with Gasteiger partial charge in [0, 0.05) is 47.1 Å². The Morgan fingerprint density at radius 1 is 1.25 bits per heavy atom. The molecule has 4 aromatic rings. The smallest absolute Gasteiger partial charge is 0.262 e. The number of methoxy groups -OCH3 is 1. The van der Waals surface area contributed by atoms with Gasteiger partial charge in [0.2, 0.25) is 0 Å². The number of aryl methyl sites for hydroxylation is 1. The van der Waals surface area contributed by atoms with E-state index in [2.05, 4.69) is 31.4 Å². The van der Waals surface area contributed by atoms with Gasteiger partial charge in [0.05, 0.1) is 23.2 Å². The van der Waals surface area contributed by atoms with Crippen LogP contribution >= 0.6 is 27.5 Å². The summed E-state index contributed by atoms with van der Waals surface area (Å²) in [7, 11) is 1.63. The molecule has 2 aromatic heterocycles. The second-order valence-corrected chi connectivity index (χ2v) is 8.76. The molecule has 0 saturated carbocycles. The van der Waals surface area contributed by atoms with E-state index in [-0.39, 0.29) is 11.5 Å². The molecule has 166 valence electrons. The van der Waals surface area contributed by atoms with Crippen molar-refractivity contribution in [3.05, 3.63) is 73.6 Å². The molecule has 1 amide bonds. The fraction of sp³-hybridized carbons (Fsp3) is 0.261.